The Morgan fingerprint density at radius 3 is 2.94 bits per heavy atom. The number of aromatic nitrogens is 2. The summed E-state index contributed by atoms with van der Waals surface area (Å²) in [4.78, 5) is 15.4. The van der Waals surface area contributed by atoms with Crippen molar-refractivity contribution in [2.45, 2.75) is 25.4 Å². The van der Waals surface area contributed by atoms with E-state index in [4.69, 9.17) is 15.2 Å². The third-order valence-electron chi connectivity index (χ3n) is 3.28. The molecule has 0 aliphatic carbocycles. The van der Waals surface area contributed by atoms with E-state index < -0.39 is 11.9 Å². The van der Waals surface area contributed by atoms with Gasteiger partial charge in [-0.05, 0) is 6.07 Å². The summed E-state index contributed by atoms with van der Waals surface area (Å²) in [5, 5.41) is 9.22. The van der Waals surface area contributed by atoms with Gasteiger partial charge >= 0.3 is 5.69 Å². The van der Waals surface area contributed by atoms with Crippen molar-refractivity contribution in [1.82, 2.24) is 9.55 Å². The third kappa shape index (κ3) is 2.12. The van der Waals surface area contributed by atoms with Gasteiger partial charge in [-0.2, -0.15) is 4.98 Å². The van der Waals surface area contributed by atoms with Crippen LogP contribution in [0, 0.1) is 5.92 Å². The molecular formula is C11H17N3O4. The molecule has 7 nitrogen and oxygen atoms in total. The smallest absolute Gasteiger partial charge is 0.351 e. The van der Waals surface area contributed by atoms with Crippen LogP contribution < -0.4 is 11.4 Å². The first-order valence-electron chi connectivity index (χ1n) is 5.72. The molecule has 0 saturated carbocycles. The van der Waals surface area contributed by atoms with Crippen LogP contribution in [0.2, 0.25) is 0 Å². The first kappa shape index (κ1) is 13.0. The van der Waals surface area contributed by atoms with Gasteiger partial charge in [0.15, 0.2) is 6.23 Å². The van der Waals surface area contributed by atoms with Crippen molar-refractivity contribution in [1.29, 1.82) is 0 Å². The van der Waals surface area contributed by atoms with Crippen LogP contribution in [-0.4, -0.2) is 40.6 Å². The van der Waals surface area contributed by atoms with Gasteiger partial charge in [-0.15, -0.1) is 0 Å². The third-order valence-corrected chi connectivity index (χ3v) is 3.28. The van der Waals surface area contributed by atoms with Gasteiger partial charge < -0.3 is 20.3 Å². The molecule has 1 fully saturated rings. The van der Waals surface area contributed by atoms with Crippen LogP contribution in [0.4, 0.5) is 5.82 Å². The predicted octanol–water partition coefficient (Wildman–Crippen LogP) is -0.634. The van der Waals surface area contributed by atoms with E-state index >= 15 is 0 Å². The zero-order valence-electron chi connectivity index (χ0n) is 10.3. The molecule has 0 radical (unpaired) electrons. The van der Waals surface area contributed by atoms with Crippen molar-refractivity contribution < 1.29 is 14.6 Å². The molecular weight excluding hydrogens is 238 g/mol. The molecule has 4 atom stereocenters. The minimum atomic E-state index is -0.595. The molecule has 3 N–H and O–H groups in total. The van der Waals surface area contributed by atoms with Crippen molar-refractivity contribution in [3.63, 3.8) is 0 Å². The summed E-state index contributed by atoms with van der Waals surface area (Å²) < 4.78 is 12.3. The highest BCUT2D eigenvalue weighted by Crippen LogP contribution is 2.34. The van der Waals surface area contributed by atoms with Gasteiger partial charge in [-0.1, -0.05) is 6.92 Å². The number of ether oxygens (including phenoxy) is 2. The lowest BCUT2D eigenvalue weighted by atomic mass is 10.0. The van der Waals surface area contributed by atoms with Gasteiger partial charge in [0.05, 0.1) is 12.7 Å². The van der Waals surface area contributed by atoms with Gasteiger partial charge in [-0.25, -0.2) is 4.79 Å². The lowest BCUT2D eigenvalue weighted by molar-refractivity contribution is -0.0624. The zero-order chi connectivity index (χ0) is 13.3. The van der Waals surface area contributed by atoms with Crippen molar-refractivity contribution >= 4 is 5.82 Å². The standard InChI is InChI=1S/C11H17N3O4/c1-6-7(5-15)18-10(9(6)17-2)14-4-3-8(12)13-11(14)16/h3-4,6-7,9-10,15H,5H2,1-2H3,(H2,12,13,16)/t6?,7-,9?,10-/m1/s1. The number of anilines is 1. The Morgan fingerprint density at radius 1 is 1.67 bits per heavy atom. The minimum Gasteiger partial charge on any atom is -0.394 e. The second kappa shape index (κ2) is 5.05. The van der Waals surface area contributed by atoms with Crippen LogP contribution in [0.5, 0.6) is 0 Å². The normalized spacial score (nSPS) is 31.7. The van der Waals surface area contributed by atoms with Crippen LogP contribution in [0.3, 0.4) is 0 Å². The van der Waals surface area contributed by atoms with E-state index in [0.29, 0.717) is 0 Å². The fourth-order valence-corrected chi connectivity index (χ4v) is 2.24. The summed E-state index contributed by atoms with van der Waals surface area (Å²) in [6.45, 7) is 1.79. The van der Waals surface area contributed by atoms with E-state index in [9.17, 15) is 9.90 Å². The highest BCUT2D eigenvalue weighted by Gasteiger charge is 2.43. The van der Waals surface area contributed by atoms with Gasteiger partial charge in [-0.3, -0.25) is 4.57 Å². The Balaban J connectivity index is 2.35. The maximum atomic E-state index is 11.8. The molecule has 2 unspecified atom stereocenters. The Kier molecular flexibility index (Phi) is 3.65. The largest absolute Gasteiger partial charge is 0.394 e. The molecule has 2 rings (SSSR count). The van der Waals surface area contributed by atoms with Crippen molar-refractivity contribution in [3.8, 4) is 0 Å². The molecule has 1 aromatic heterocycles. The molecule has 7 heteroatoms. The first-order valence-corrected chi connectivity index (χ1v) is 5.72. The number of nitrogen functional groups attached to an aromatic ring is 1. The van der Waals surface area contributed by atoms with Gasteiger partial charge in [0.25, 0.3) is 0 Å². The topological polar surface area (TPSA) is 99.6 Å². The average molecular weight is 255 g/mol. The molecule has 0 amide bonds. The van der Waals surface area contributed by atoms with E-state index in [0.717, 1.165) is 0 Å². The fraction of sp³-hybridized carbons (Fsp3) is 0.636. The molecule has 1 saturated heterocycles. The molecule has 0 spiro atoms. The van der Waals surface area contributed by atoms with Crippen LogP contribution in [0.1, 0.15) is 13.2 Å². The SMILES string of the molecule is COC1C(C)[C@@H](CO)O[C@H]1n1ccc(N)nc1=O. The molecule has 1 aromatic rings. The molecule has 0 aromatic carbocycles. The van der Waals surface area contributed by atoms with E-state index in [1.54, 1.807) is 7.11 Å². The number of methoxy groups -OCH3 is 1. The van der Waals surface area contributed by atoms with E-state index in [1.807, 2.05) is 6.92 Å². The highest BCUT2D eigenvalue weighted by atomic mass is 16.6. The summed E-state index contributed by atoms with van der Waals surface area (Å²) in [5.74, 6) is 0.143. The number of nitrogens with zero attached hydrogens (tertiary/aromatic N) is 2. The molecule has 18 heavy (non-hydrogen) atoms. The maximum absolute atomic E-state index is 11.8. The predicted molar refractivity (Wildman–Crippen MR) is 63.9 cm³/mol. The number of nitrogens with two attached hydrogens (primary N) is 1. The molecule has 1 aliphatic rings. The summed E-state index contributed by atoms with van der Waals surface area (Å²) in [6.07, 6.45) is 0.255. The molecule has 0 bridgehead atoms. The Labute approximate surface area is 104 Å². The van der Waals surface area contributed by atoms with E-state index in [-0.39, 0.29) is 30.6 Å². The van der Waals surface area contributed by atoms with Crippen molar-refractivity contribution in [2.75, 3.05) is 19.5 Å². The van der Waals surface area contributed by atoms with Crippen LogP contribution in [0.15, 0.2) is 17.1 Å². The van der Waals surface area contributed by atoms with Gasteiger partial charge in [0.1, 0.15) is 11.9 Å². The number of hydrogen-bond donors (Lipinski definition) is 2. The van der Waals surface area contributed by atoms with Crippen LogP contribution in [0.25, 0.3) is 0 Å². The van der Waals surface area contributed by atoms with Crippen LogP contribution >= 0.6 is 0 Å². The van der Waals surface area contributed by atoms with E-state index in [1.165, 1.54) is 16.8 Å². The summed E-state index contributed by atoms with van der Waals surface area (Å²) in [6, 6.07) is 1.52. The Morgan fingerprint density at radius 2 is 2.39 bits per heavy atom. The minimum absolute atomic E-state index is 0.0190. The quantitative estimate of drug-likeness (QED) is 0.745. The Bertz CT molecular complexity index is 476. The summed E-state index contributed by atoms with van der Waals surface area (Å²) in [7, 11) is 1.55. The van der Waals surface area contributed by atoms with Gasteiger partial charge in [0.2, 0.25) is 0 Å². The fourth-order valence-electron chi connectivity index (χ4n) is 2.24. The van der Waals surface area contributed by atoms with E-state index in [2.05, 4.69) is 4.98 Å². The average Bonchev–Trinajstić information content (AvgIpc) is 2.65. The lowest BCUT2D eigenvalue weighted by Gasteiger charge is -2.20. The second-order valence-electron chi connectivity index (χ2n) is 4.35. The lowest BCUT2D eigenvalue weighted by Crippen LogP contribution is -2.34. The van der Waals surface area contributed by atoms with Crippen molar-refractivity contribution in [2.24, 2.45) is 5.92 Å². The zero-order valence-corrected chi connectivity index (χ0v) is 10.3. The van der Waals surface area contributed by atoms with Gasteiger partial charge in [0, 0.05) is 19.2 Å². The molecule has 100 valence electrons. The monoisotopic (exact) mass is 255 g/mol. The molecule has 1 aliphatic heterocycles. The number of aliphatic hydroxyl groups excluding tert-OH is 1. The van der Waals surface area contributed by atoms with Crippen molar-refractivity contribution in [3.05, 3.63) is 22.7 Å². The first-order chi connectivity index (χ1) is 8.58. The summed E-state index contributed by atoms with van der Waals surface area (Å²) >= 11 is 0. The number of hydrogen-bond acceptors (Lipinski definition) is 6. The Hall–Kier alpha value is -1.44. The maximum Gasteiger partial charge on any atom is 0.351 e. The number of aliphatic hydroxyl groups is 1. The number of rotatable bonds is 3. The molecule has 2 heterocycles. The van der Waals surface area contributed by atoms with Crippen LogP contribution in [-0.2, 0) is 9.47 Å². The highest BCUT2D eigenvalue weighted by molar-refractivity contribution is 5.23. The second-order valence-corrected chi connectivity index (χ2v) is 4.35. The summed E-state index contributed by atoms with van der Waals surface area (Å²) in [5.41, 5.74) is 4.94.